The van der Waals surface area contributed by atoms with Gasteiger partial charge in [0.1, 0.15) is 5.75 Å². The average molecular weight is 367 g/mol. The summed E-state index contributed by atoms with van der Waals surface area (Å²) in [5.74, 6) is 0.545. The van der Waals surface area contributed by atoms with E-state index < -0.39 is 0 Å². The molecule has 0 radical (unpaired) electrons. The fraction of sp³-hybridized carbons (Fsp3) is 0.375. The minimum absolute atomic E-state index is 0.208. The first kappa shape index (κ1) is 16.5. The summed E-state index contributed by atoms with van der Waals surface area (Å²) >= 11 is 3.40. The van der Waals surface area contributed by atoms with Crippen LogP contribution in [0.4, 0.5) is 0 Å². The second-order valence-corrected chi connectivity index (χ2v) is 5.86. The predicted octanol–water partition coefficient (Wildman–Crippen LogP) is 3.87. The molecule has 0 bridgehead atoms. The van der Waals surface area contributed by atoms with Crippen LogP contribution in [0.15, 0.2) is 32.5 Å². The van der Waals surface area contributed by atoms with Gasteiger partial charge in [-0.15, -0.1) is 0 Å². The number of aromatic amines is 1. The molecule has 0 aromatic carbocycles. The van der Waals surface area contributed by atoms with E-state index in [0.29, 0.717) is 12.8 Å². The van der Waals surface area contributed by atoms with Crippen molar-refractivity contribution in [3.8, 4) is 5.75 Å². The van der Waals surface area contributed by atoms with Crippen molar-refractivity contribution in [2.24, 2.45) is 4.99 Å². The summed E-state index contributed by atoms with van der Waals surface area (Å²) < 4.78 is 10.9. The third-order valence-electron chi connectivity index (χ3n) is 3.65. The molecule has 6 heteroatoms. The number of nitrogens with zero attached hydrogens (tertiary/aromatic N) is 1. The number of allylic oxidation sites excluding steroid dienone is 2. The summed E-state index contributed by atoms with van der Waals surface area (Å²) in [4.78, 5) is 19.1. The van der Waals surface area contributed by atoms with E-state index in [1.54, 1.807) is 7.11 Å². The maximum atomic E-state index is 11.3. The second kappa shape index (κ2) is 6.96. The summed E-state index contributed by atoms with van der Waals surface area (Å²) in [6, 6.07) is 1.87. The van der Waals surface area contributed by atoms with Crippen molar-refractivity contribution < 1.29 is 14.3 Å². The van der Waals surface area contributed by atoms with Gasteiger partial charge < -0.3 is 14.5 Å². The number of H-pyrrole nitrogens is 1. The van der Waals surface area contributed by atoms with Gasteiger partial charge in [0.25, 0.3) is 0 Å². The minimum Gasteiger partial charge on any atom is -0.494 e. The van der Waals surface area contributed by atoms with Crippen molar-refractivity contribution in [3.05, 3.63) is 33.2 Å². The number of esters is 1. The monoisotopic (exact) mass is 366 g/mol. The minimum atomic E-state index is -0.208. The van der Waals surface area contributed by atoms with Crippen LogP contribution in [0.3, 0.4) is 0 Å². The highest BCUT2D eigenvalue weighted by Gasteiger charge is 2.19. The lowest BCUT2D eigenvalue weighted by atomic mass is 10.0. The average Bonchev–Trinajstić information content (AvgIpc) is 2.97. The van der Waals surface area contributed by atoms with Gasteiger partial charge in [0.2, 0.25) is 0 Å². The normalized spacial score (nSPS) is 16.2. The number of halogens is 1. The molecular formula is C16H19BrN2O3. The van der Waals surface area contributed by atoms with Gasteiger partial charge in [0, 0.05) is 18.2 Å². The number of aromatic nitrogens is 1. The quantitative estimate of drug-likeness (QED) is 0.804. The van der Waals surface area contributed by atoms with Gasteiger partial charge in [-0.1, -0.05) is 0 Å². The second-order valence-electron chi connectivity index (χ2n) is 5.01. The molecule has 0 saturated carbocycles. The lowest BCUT2D eigenvalue weighted by molar-refractivity contribution is -0.140. The van der Waals surface area contributed by atoms with Crippen molar-refractivity contribution >= 4 is 33.7 Å². The molecule has 1 N–H and O–H groups in total. The first-order valence-electron chi connectivity index (χ1n) is 6.93. The molecule has 0 spiro atoms. The number of ether oxygens (including phenoxy) is 2. The van der Waals surface area contributed by atoms with Gasteiger partial charge in [0.15, 0.2) is 0 Å². The molecule has 0 saturated heterocycles. The van der Waals surface area contributed by atoms with Gasteiger partial charge in [-0.3, -0.25) is 9.79 Å². The Hall–Kier alpha value is -1.82. The number of methoxy groups -OCH3 is 2. The largest absolute Gasteiger partial charge is 0.494 e. The Bertz CT molecular complexity index is 684. The van der Waals surface area contributed by atoms with E-state index in [4.69, 9.17) is 9.47 Å². The van der Waals surface area contributed by atoms with Crippen molar-refractivity contribution in [2.45, 2.75) is 26.7 Å². The lowest BCUT2D eigenvalue weighted by Crippen LogP contribution is -2.03. The first-order chi connectivity index (χ1) is 10.5. The van der Waals surface area contributed by atoms with Crippen LogP contribution < -0.4 is 4.74 Å². The fourth-order valence-corrected chi connectivity index (χ4v) is 2.85. The standard InChI is InChI=1S/C16H19BrN2O3/c1-9-11(5-6-16(20)22-4)10(2)18-12(9)7-13-14(21-3)8-15(17)19-13/h7-8,19H,5-6H2,1-4H3/b12-7-. The van der Waals surface area contributed by atoms with E-state index in [1.165, 1.54) is 7.11 Å². The van der Waals surface area contributed by atoms with Crippen molar-refractivity contribution in [2.75, 3.05) is 14.2 Å². The Morgan fingerprint density at radius 2 is 2.14 bits per heavy atom. The molecule has 0 fully saturated rings. The Kier molecular flexibility index (Phi) is 5.24. The van der Waals surface area contributed by atoms with Gasteiger partial charge in [-0.05, 0) is 53.4 Å². The van der Waals surface area contributed by atoms with Gasteiger partial charge in [0.05, 0.1) is 30.2 Å². The predicted molar refractivity (Wildman–Crippen MR) is 90.1 cm³/mol. The summed E-state index contributed by atoms with van der Waals surface area (Å²) in [6.45, 7) is 3.97. The lowest BCUT2D eigenvalue weighted by Gasteiger charge is -2.04. The van der Waals surface area contributed by atoms with Crippen LogP contribution in [0.25, 0.3) is 6.08 Å². The molecule has 118 valence electrons. The molecule has 22 heavy (non-hydrogen) atoms. The van der Waals surface area contributed by atoms with Crippen LogP contribution in [-0.4, -0.2) is 30.9 Å². The Morgan fingerprint density at radius 3 is 2.77 bits per heavy atom. The maximum absolute atomic E-state index is 11.3. The van der Waals surface area contributed by atoms with Gasteiger partial charge >= 0.3 is 5.97 Å². The van der Waals surface area contributed by atoms with E-state index >= 15 is 0 Å². The van der Waals surface area contributed by atoms with Crippen LogP contribution in [0.2, 0.25) is 0 Å². The number of nitrogens with one attached hydrogen (secondary N) is 1. The van der Waals surface area contributed by atoms with E-state index in [9.17, 15) is 4.79 Å². The number of rotatable bonds is 5. The molecule has 0 aliphatic carbocycles. The van der Waals surface area contributed by atoms with Crippen molar-refractivity contribution in [3.63, 3.8) is 0 Å². The van der Waals surface area contributed by atoms with Crippen LogP contribution in [0.5, 0.6) is 5.75 Å². The Labute approximate surface area is 138 Å². The third-order valence-corrected chi connectivity index (χ3v) is 4.07. The summed E-state index contributed by atoms with van der Waals surface area (Å²) in [7, 11) is 3.03. The van der Waals surface area contributed by atoms with Crippen molar-refractivity contribution in [1.29, 1.82) is 0 Å². The van der Waals surface area contributed by atoms with E-state index in [2.05, 4.69) is 25.9 Å². The molecule has 2 heterocycles. The Balaban J connectivity index is 2.27. The van der Waals surface area contributed by atoms with Gasteiger partial charge in [-0.25, -0.2) is 0 Å². The van der Waals surface area contributed by atoms with E-state index in [-0.39, 0.29) is 5.97 Å². The molecular weight excluding hydrogens is 348 g/mol. The molecule has 0 unspecified atom stereocenters. The molecule has 0 amide bonds. The smallest absolute Gasteiger partial charge is 0.305 e. The number of carbonyl (C=O) groups is 1. The topological polar surface area (TPSA) is 63.7 Å². The van der Waals surface area contributed by atoms with Gasteiger partial charge in [-0.2, -0.15) is 0 Å². The number of aliphatic imine (C=N–C) groups is 1. The Morgan fingerprint density at radius 1 is 1.41 bits per heavy atom. The van der Waals surface area contributed by atoms with E-state index in [0.717, 1.165) is 38.6 Å². The SMILES string of the molecule is COC(=O)CCC1=C(C)/C(=C/c2[nH]c(Br)cc2OC)N=C1C. The maximum Gasteiger partial charge on any atom is 0.305 e. The zero-order chi connectivity index (χ0) is 16.3. The fourth-order valence-electron chi connectivity index (χ4n) is 2.43. The molecule has 1 aliphatic heterocycles. The molecule has 5 nitrogen and oxygen atoms in total. The zero-order valence-electron chi connectivity index (χ0n) is 13.1. The van der Waals surface area contributed by atoms with Crippen LogP contribution in [0.1, 0.15) is 32.4 Å². The molecule has 2 rings (SSSR count). The van der Waals surface area contributed by atoms with E-state index in [1.807, 2.05) is 26.0 Å². The number of hydrogen-bond acceptors (Lipinski definition) is 4. The highest BCUT2D eigenvalue weighted by atomic mass is 79.9. The molecule has 1 aromatic rings. The highest BCUT2D eigenvalue weighted by molar-refractivity contribution is 9.10. The van der Waals surface area contributed by atoms with Crippen LogP contribution in [0, 0.1) is 0 Å². The zero-order valence-corrected chi connectivity index (χ0v) is 14.7. The molecule has 1 aromatic heterocycles. The third kappa shape index (κ3) is 3.50. The van der Waals surface area contributed by atoms with Crippen molar-refractivity contribution in [1.82, 2.24) is 4.98 Å². The number of hydrogen-bond donors (Lipinski definition) is 1. The summed E-state index contributed by atoms with van der Waals surface area (Å²) in [5.41, 5.74) is 4.85. The summed E-state index contributed by atoms with van der Waals surface area (Å²) in [6.07, 6.45) is 2.95. The highest BCUT2D eigenvalue weighted by Crippen LogP contribution is 2.32. The summed E-state index contributed by atoms with van der Waals surface area (Å²) in [5, 5.41) is 0. The molecule has 0 atom stereocenters. The molecule has 1 aliphatic rings. The number of carbonyl (C=O) groups excluding carboxylic acids is 1. The van der Waals surface area contributed by atoms with Crippen LogP contribution in [-0.2, 0) is 9.53 Å². The first-order valence-corrected chi connectivity index (χ1v) is 7.72. The van der Waals surface area contributed by atoms with Crippen LogP contribution >= 0.6 is 15.9 Å².